The van der Waals surface area contributed by atoms with E-state index < -0.39 is 10.0 Å². The molecule has 1 aliphatic rings. The number of nitrogens with zero attached hydrogens (tertiary/aromatic N) is 3. The average Bonchev–Trinajstić information content (AvgIpc) is 3.34. The van der Waals surface area contributed by atoms with E-state index in [1.54, 1.807) is 47.4 Å². The number of benzene rings is 3. The fourth-order valence-corrected chi connectivity index (χ4v) is 4.51. The molecule has 2 heterocycles. The van der Waals surface area contributed by atoms with Gasteiger partial charge in [0, 0.05) is 11.4 Å². The summed E-state index contributed by atoms with van der Waals surface area (Å²) >= 11 is 0. The van der Waals surface area contributed by atoms with Crippen molar-refractivity contribution in [3.05, 3.63) is 96.8 Å². The van der Waals surface area contributed by atoms with Gasteiger partial charge in [-0.1, -0.05) is 18.2 Å². The van der Waals surface area contributed by atoms with Gasteiger partial charge in [0.2, 0.25) is 5.88 Å². The third-order valence-electron chi connectivity index (χ3n) is 5.20. The zero-order valence-corrected chi connectivity index (χ0v) is 18.7. The molecule has 3 N–H and O–H groups in total. The number of sulfonamides is 1. The first kappa shape index (κ1) is 21.4. The van der Waals surface area contributed by atoms with Crippen LogP contribution < -0.4 is 14.9 Å². The van der Waals surface area contributed by atoms with Gasteiger partial charge in [-0.15, -0.1) is 0 Å². The standard InChI is InChI=1S/C24H20N6O3S/c25-23-22-14-15-33-24(22)26-16-30(23)20-10-6-19(7-11-20)29-34(31,32)21-12-8-18(9-13-21)28-27-17-4-2-1-3-5-17/h1-15,25-26,29H,16H2. The second kappa shape index (κ2) is 8.83. The van der Waals surface area contributed by atoms with Crippen molar-refractivity contribution in [2.45, 2.75) is 4.90 Å². The number of azo groups is 1. The third kappa shape index (κ3) is 4.39. The molecule has 4 aromatic rings. The maximum atomic E-state index is 12.8. The molecular weight excluding hydrogens is 452 g/mol. The van der Waals surface area contributed by atoms with Crippen LogP contribution in [0.2, 0.25) is 0 Å². The molecule has 5 rings (SSSR count). The lowest BCUT2D eigenvalue weighted by Gasteiger charge is -2.29. The van der Waals surface area contributed by atoms with Gasteiger partial charge in [-0.05, 0) is 66.7 Å². The SMILES string of the molecule is N=C1c2ccoc2NCN1c1ccc(NS(=O)(=O)c2ccc(N=Nc3ccccc3)cc2)cc1. The van der Waals surface area contributed by atoms with Crippen molar-refractivity contribution in [1.82, 2.24) is 0 Å². The molecule has 170 valence electrons. The monoisotopic (exact) mass is 472 g/mol. The zero-order chi connectivity index (χ0) is 23.5. The van der Waals surface area contributed by atoms with Crippen molar-refractivity contribution in [3.63, 3.8) is 0 Å². The molecule has 0 aliphatic carbocycles. The molecule has 1 aliphatic heterocycles. The van der Waals surface area contributed by atoms with Crippen molar-refractivity contribution in [2.24, 2.45) is 10.2 Å². The van der Waals surface area contributed by atoms with E-state index in [1.165, 1.54) is 18.4 Å². The summed E-state index contributed by atoms with van der Waals surface area (Å²) in [5, 5.41) is 19.8. The van der Waals surface area contributed by atoms with E-state index in [9.17, 15) is 8.42 Å². The summed E-state index contributed by atoms with van der Waals surface area (Å²) in [5.41, 5.74) is 3.09. The van der Waals surface area contributed by atoms with Gasteiger partial charge in [0.15, 0.2) is 0 Å². The molecule has 10 heteroatoms. The minimum Gasteiger partial charge on any atom is -0.448 e. The van der Waals surface area contributed by atoms with Crippen LogP contribution in [0.15, 0.2) is 111 Å². The zero-order valence-electron chi connectivity index (χ0n) is 17.8. The highest BCUT2D eigenvalue weighted by Gasteiger charge is 2.24. The van der Waals surface area contributed by atoms with Crippen molar-refractivity contribution < 1.29 is 12.8 Å². The Kier molecular flexibility index (Phi) is 5.56. The van der Waals surface area contributed by atoms with E-state index in [1.807, 2.05) is 30.3 Å². The second-order valence-electron chi connectivity index (χ2n) is 7.46. The predicted molar refractivity (Wildman–Crippen MR) is 131 cm³/mol. The summed E-state index contributed by atoms with van der Waals surface area (Å²) in [6.07, 6.45) is 1.53. The number of hydrogen-bond acceptors (Lipinski definition) is 7. The summed E-state index contributed by atoms with van der Waals surface area (Å²) < 4.78 is 33.5. The lowest BCUT2D eigenvalue weighted by molar-refractivity contribution is 0.577. The van der Waals surface area contributed by atoms with Gasteiger partial charge in [0.1, 0.15) is 5.84 Å². The van der Waals surface area contributed by atoms with Gasteiger partial charge in [0.05, 0.1) is 34.8 Å². The summed E-state index contributed by atoms with van der Waals surface area (Å²) in [5.74, 6) is 0.874. The van der Waals surface area contributed by atoms with Gasteiger partial charge in [-0.3, -0.25) is 10.1 Å². The molecule has 0 amide bonds. The number of furan rings is 1. The topological polar surface area (TPSA) is 123 Å². The van der Waals surface area contributed by atoms with Gasteiger partial charge < -0.3 is 14.6 Å². The minimum atomic E-state index is -3.78. The van der Waals surface area contributed by atoms with E-state index >= 15 is 0 Å². The second-order valence-corrected chi connectivity index (χ2v) is 9.14. The summed E-state index contributed by atoms with van der Waals surface area (Å²) in [4.78, 5) is 1.88. The van der Waals surface area contributed by atoms with Crippen molar-refractivity contribution in [1.29, 1.82) is 5.41 Å². The summed E-state index contributed by atoms with van der Waals surface area (Å²) in [6, 6.07) is 24.0. The molecule has 0 saturated carbocycles. The number of amidine groups is 1. The van der Waals surface area contributed by atoms with Crippen molar-refractivity contribution in [2.75, 3.05) is 21.6 Å². The smallest absolute Gasteiger partial charge is 0.261 e. The minimum absolute atomic E-state index is 0.115. The molecular formula is C24H20N6O3S. The van der Waals surface area contributed by atoms with E-state index in [2.05, 4.69) is 20.3 Å². The molecule has 34 heavy (non-hydrogen) atoms. The van der Waals surface area contributed by atoms with Crippen LogP contribution in [0, 0.1) is 5.41 Å². The number of rotatable bonds is 6. The Bertz CT molecular complexity index is 1450. The molecule has 0 spiro atoms. The lowest BCUT2D eigenvalue weighted by atomic mass is 10.2. The molecule has 1 aromatic heterocycles. The molecule has 0 saturated heterocycles. The quantitative estimate of drug-likeness (QED) is 0.310. The summed E-state index contributed by atoms with van der Waals surface area (Å²) in [7, 11) is -3.78. The van der Waals surface area contributed by atoms with Crippen LogP contribution in [0.25, 0.3) is 0 Å². The molecule has 0 bridgehead atoms. The average molecular weight is 473 g/mol. The van der Waals surface area contributed by atoms with Crippen LogP contribution in [-0.2, 0) is 10.0 Å². The maximum Gasteiger partial charge on any atom is 0.261 e. The van der Waals surface area contributed by atoms with Crippen LogP contribution in [0.3, 0.4) is 0 Å². The Hall–Kier alpha value is -4.44. The number of anilines is 3. The molecule has 9 nitrogen and oxygen atoms in total. The summed E-state index contributed by atoms with van der Waals surface area (Å²) in [6.45, 7) is 0.373. The highest BCUT2D eigenvalue weighted by Crippen LogP contribution is 2.28. The largest absolute Gasteiger partial charge is 0.448 e. The maximum absolute atomic E-state index is 12.8. The molecule has 0 atom stereocenters. The van der Waals surface area contributed by atoms with Gasteiger partial charge in [0.25, 0.3) is 10.0 Å². The number of nitrogens with one attached hydrogen (secondary N) is 3. The fourth-order valence-electron chi connectivity index (χ4n) is 3.45. The first-order valence-corrected chi connectivity index (χ1v) is 11.9. The van der Waals surface area contributed by atoms with Gasteiger partial charge in [-0.25, -0.2) is 8.42 Å². The highest BCUT2D eigenvalue weighted by atomic mass is 32.2. The first-order chi connectivity index (χ1) is 16.5. The molecule has 3 aromatic carbocycles. The predicted octanol–water partition coefficient (Wildman–Crippen LogP) is 5.71. The van der Waals surface area contributed by atoms with E-state index in [0.29, 0.717) is 41.0 Å². The normalized spacial score (nSPS) is 13.5. The Morgan fingerprint density at radius 1 is 0.882 bits per heavy atom. The van der Waals surface area contributed by atoms with Crippen molar-refractivity contribution >= 4 is 44.5 Å². The number of fused-ring (bicyclic) bond motifs is 1. The van der Waals surface area contributed by atoms with Crippen molar-refractivity contribution in [3.8, 4) is 0 Å². The van der Waals surface area contributed by atoms with E-state index in [4.69, 9.17) is 9.83 Å². The molecule has 0 fully saturated rings. The number of hydrogen-bond donors (Lipinski definition) is 3. The van der Waals surface area contributed by atoms with Crippen LogP contribution in [0.4, 0.5) is 28.6 Å². The lowest BCUT2D eigenvalue weighted by Crippen LogP contribution is -2.39. The van der Waals surface area contributed by atoms with Crippen LogP contribution in [-0.4, -0.2) is 20.9 Å². The van der Waals surface area contributed by atoms with E-state index in [-0.39, 0.29) is 4.90 Å². The molecule has 0 unspecified atom stereocenters. The van der Waals surface area contributed by atoms with Crippen LogP contribution in [0.1, 0.15) is 5.56 Å². The fraction of sp³-hybridized carbons (Fsp3) is 0.0417. The van der Waals surface area contributed by atoms with Crippen LogP contribution >= 0.6 is 0 Å². The molecule has 0 radical (unpaired) electrons. The third-order valence-corrected chi connectivity index (χ3v) is 6.60. The Labute approximate surface area is 196 Å². The Morgan fingerprint density at radius 2 is 1.56 bits per heavy atom. The highest BCUT2D eigenvalue weighted by molar-refractivity contribution is 7.92. The van der Waals surface area contributed by atoms with Gasteiger partial charge in [-0.2, -0.15) is 10.2 Å². The Balaban J connectivity index is 1.27. The van der Waals surface area contributed by atoms with Gasteiger partial charge >= 0.3 is 0 Å². The Morgan fingerprint density at radius 3 is 2.26 bits per heavy atom. The van der Waals surface area contributed by atoms with E-state index in [0.717, 1.165) is 5.69 Å². The first-order valence-electron chi connectivity index (χ1n) is 10.4. The van der Waals surface area contributed by atoms with Crippen LogP contribution in [0.5, 0.6) is 0 Å².